The normalized spacial score (nSPS) is 17.6. The van der Waals surface area contributed by atoms with E-state index in [9.17, 15) is 13.2 Å². The zero-order valence-electron chi connectivity index (χ0n) is 8.59. The third kappa shape index (κ3) is 2.27. The molecule has 16 heavy (non-hydrogen) atoms. The zero-order valence-corrected chi connectivity index (χ0v) is 8.59. The molecule has 2 rings (SSSR count). The van der Waals surface area contributed by atoms with E-state index in [-0.39, 0.29) is 5.69 Å². The Morgan fingerprint density at radius 3 is 2.56 bits per heavy atom. The fourth-order valence-electron chi connectivity index (χ4n) is 1.78. The Kier molecular flexibility index (Phi) is 3.00. The second kappa shape index (κ2) is 4.29. The number of halogens is 3. The molecule has 1 aromatic rings. The topological polar surface area (TPSA) is 28.2 Å². The Morgan fingerprint density at radius 2 is 1.94 bits per heavy atom. The summed E-state index contributed by atoms with van der Waals surface area (Å²) in [4.78, 5) is 5.15. The van der Waals surface area contributed by atoms with Crippen LogP contribution < -0.4 is 10.2 Å². The van der Waals surface area contributed by atoms with Gasteiger partial charge in [0.1, 0.15) is 0 Å². The Hall–Kier alpha value is -1.30. The third-order valence-electron chi connectivity index (χ3n) is 2.51. The van der Waals surface area contributed by atoms with E-state index in [2.05, 4.69) is 10.3 Å². The molecule has 6 heteroatoms. The molecule has 1 aliphatic rings. The van der Waals surface area contributed by atoms with E-state index < -0.39 is 11.9 Å². The summed E-state index contributed by atoms with van der Waals surface area (Å²) in [5.41, 5.74) is -0.617. The van der Waals surface area contributed by atoms with Crippen molar-refractivity contribution < 1.29 is 13.2 Å². The summed E-state index contributed by atoms with van der Waals surface area (Å²) in [6.45, 7) is 2.56. The van der Waals surface area contributed by atoms with Crippen LogP contribution in [0.5, 0.6) is 0 Å². The second-order valence-corrected chi connectivity index (χ2v) is 3.61. The molecule has 88 valence electrons. The van der Waals surface area contributed by atoms with Crippen molar-refractivity contribution in [3.63, 3.8) is 0 Å². The van der Waals surface area contributed by atoms with Crippen LogP contribution in [-0.2, 0) is 6.18 Å². The van der Waals surface area contributed by atoms with Crippen molar-refractivity contribution >= 4 is 5.69 Å². The highest BCUT2D eigenvalue weighted by Gasteiger charge is 2.36. The number of hydrogen-bond acceptors (Lipinski definition) is 3. The van der Waals surface area contributed by atoms with Gasteiger partial charge in [-0.15, -0.1) is 0 Å². The minimum absolute atomic E-state index is 0.177. The molecule has 3 nitrogen and oxygen atoms in total. The number of nitrogens with zero attached hydrogens (tertiary/aromatic N) is 2. The lowest BCUT2D eigenvalue weighted by atomic mass is 10.2. The Bertz CT molecular complexity index is 359. The number of nitrogens with one attached hydrogen (secondary N) is 1. The van der Waals surface area contributed by atoms with Crippen LogP contribution in [0.15, 0.2) is 18.3 Å². The highest BCUT2D eigenvalue weighted by Crippen LogP contribution is 2.34. The van der Waals surface area contributed by atoms with Gasteiger partial charge in [-0.2, -0.15) is 13.2 Å². The van der Waals surface area contributed by atoms with Gasteiger partial charge in [-0.1, -0.05) is 0 Å². The van der Waals surface area contributed by atoms with E-state index in [0.717, 1.165) is 0 Å². The number of hydrogen-bond donors (Lipinski definition) is 1. The summed E-state index contributed by atoms with van der Waals surface area (Å²) in [5.74, 6) is 0. The highest BCUT2D eigenvalue weighted by molar-refractivity contribution is 5.52. The van der Waals surface area contributed by atoms with E-state index in [1.54, 1.807) is 4.90 Å². The molecule has 0 saturated carbocycles. The molecular weight excluding hydrogens is 219 g/mol. The van der Waals surface area contributed by atoms with Gasteiger partial charge in [0.15, 0.2) is 5.69 Å². The number of alkyl halides is 3. The molecule has 1 fully saturated rings. The standard InChI is InChI=1S/C10H12F3N3/c11-10(12,13)9-8(2-1-3-15-9)16-6-4-14-5-7-16/h1-3,14H,4-7H2. The molecule has 0 bridgehead atoms. The van der Waals surface area contributed by atoms with E-state index in [0.29, 0.717) is 26.2 Å². The minimum Gasteiger partial charge on any atom is -0.367 e. The van der Waals surface area contributed by atoms with Crippen LogP contribution in [0.1, 0.15) is 5.69 Å². The summed E-state index contributed by atoms with van der Waals surface area (Å²) >= 11 is 0. The van der Waals surface area contributed by atoms with Gasteiger partial charge in [0.05, 0.1) is 5.69 Å². The number of anilines is 1. The van der Waals surface area contributed by atoms with Crippen LogP contribution in [-0.4, -0.2) is 31.2 Å². The van der Waals surface area contributed by atoms with E-state index in [4.69, 9.17) is 0 Å². The van der Waals surface area contributed by atoms with Gasteiger partial charge in [0.25, 0.3) is 0 Å². The number of piperazine rings is 1. The Morgan fingerprint density at radius 1 is 1.25 bits per heavy atom. The van der Waals surface area contributed by atoms with Gasteiger partial charge in [-0.05, 0) is 12.1 Å². The summed E-state index contributed by atoms with van der Waals surface area (Å²) < 4.78 is 38.1. The quantitative estimate of drug-likeness (QED) is 0.794. The molecule has 0 aromatic carbocycles. The maximum atomic E-state index is 12.7. The molecule has 2 heterocycles. The van der Waals surface area contributed by atoms with Crippen molar-refractivity contribution in [1.29, 1.82) is 0 Å². The van der Waals surface area contributed by atoms with Gasteiger partial charge in [-0.25, -0.2) is 4.98 Å². The van der Waals surface area contributed by atoms with Crippen LogP contribution in [0.4, 0.5) is 18.9 Å². The summed E-state index contributed by atoms with van der Waals surface area (Å²) in [6, 6.07) is 3.01. The number of pyridine rings is 1. The zero-order chi connectivity index (χ0) is 11.6. The van der Waals surface area contributed by atoms with Crippen molar-refractivity contribution in [3.8, 4) is 0 Å². The lowest BCUT2D eigenvalue weighted by Crippen LogP contribution is -2.44. The van der Waals surface area contributed by atoms with E-state index in [1.807, 2.05) is 0 Å². The molecule has 0 unspecified atom stereocenters. The largest absolute Gasteiger partial charge is 0.435 e. The lowest BCUT2D eigenvalue weighted by molar-refractivity contribution is -0.140. The van der Waals surface area contributed by atoms with Crippen LogP contribution in [0.25, 0.3) is 0 Å². The molecular formula is C10H12F3N3. The van der Waals surface area contributed by atoms with Crippen molar-refractivity contribution in [2.75, 3.05) is 31.1 Å². The van der Waals surface area contributed by atoms with Crippen molar-refractivity contribution in [1.82, 2.24) is 10.3 Å². The van der Waals surface area contributed by atoms with Crippen molar-refractivity contribution in [2.24, 2.45) is 0 Å². The molecule has 0 spiro atoms. The van der Waals surface area contributed by atoms with Gasteiger partial charge in [0.2, 0.25) is 0 Å². The SMILES string of the molecule is FC(F)(F)c1ncccc1N1CCNCC1. The van der Waals surface area contributed by atoms with Crippen LogP contribution in [0.3, 0.4) is 0 Å². The molecule has 0 aliphatic carbocycles. The van der Waals surface area contributed by atoms with Gasteiger partial charge in [0, 0.05) is 32.4 Å². The predicted octanol–water partition coefficient (Wildman–Crippen LogP) is 1.51. The number of rotatable bonds is 1. The van der Waals surface area contributed by atoms with Gasteiger partial charge in [-0.3, -0.25) is 0 Å². The highest BCUT2D eigenvalue weighted by atomic mass is 19.4. The smallest absolute Gasteiger partial charge is 0.367 e. The fourth-order valence-corrected chi connectivity index (χ4v) is 1.78. The first kappa shape index (κ1) is 11.2. The maximum absolute atomic E-state index is 12.7. The first-order chi connectivity index (χ1) is 7.59. The first-order valence-electron chi connectivity index (χ1n) is 5.07. The number of aromatic nitrogens is 1. The van der Waals surface area contributed by atoms with E-state index >= 15 is 0 Å². The average molecular weight is 231 g/mol. The maximum Gasteiger partial charge on any atom is 0.435 e. The van der Waals surface area contributed by atoms with Crippen LogP contribution in [0, 0.1) is 0 Å². The lowest BCUT2D eigenvalue weighted by Gasteiger charge is -2.30. The minimum atomic E-state index is -4.39. The summed E-state index contributed by atoms with van der Waals surface area (Å²) in [5, 5.41) is 3.10. The van der Waals surface area contributed by atoms with Crippen molar-refractivity contribution in [3.05, 3.63) is 24.0 Å². The van der Waals surface area contributed by atoms with Crippen molar-refractivity contribution in [2.45, 2.75) is 6.18 Å². The first-order valence-corrected chi connectivity index (χ1v) is 5.07. The molecule has 0 amide bonds. The molecule has 0 atom stereocenters. The predicted molar refractivity (Wildman–Crippen MR) is 54.3 cm³/mol. The molecule has 1 aliphatic heterocycles. The van der Waals surface area contributed by atoms with Gasteiger partial charge >= 0.3 is 6.18 Å². The second-order valence-electron chi connectivity index (χ2n) is 3.61. The molecule has 1 saturated heterocycles. The molecule has 0 radical (unpaired) electrons. The fraction of sp³-hybridized carbons (Fsp3) is 0.500. The monoisotopic (exact) mass is 231 g/mol. The summed E-state index contributed by atoms with van der Waals surface area (Å²) in [7, 11) is 0. The molecule has 1 aromatic heterocycles. The third-order valence-corrected chi connectivity index (χ3v) is 2.51. The summed E-state index contributed by atoms with van der Waals surface area (Å²) in [6.07, 6.45) is -3.21. The average Bonchev–Trinajstić information content (AvgIpc) is 2.29. The Labute approximate surface area is 91.3 Å². The van der Waals surface area contributed by atoms with E-state index in [1.165, 1.54) is 18.3 Å². The van der Waals surface area contributed by atoms with Gasteiger partial charge < -0.3 is 10.2 Å². The van der Waals surface area contributed by atoms with Crippen LogP contribution >= 0.6 is 0 Å². The molecule has 1 N–H and O–H groups in total. The Balaban J connectivity index is 2.32. The van der Waals surface area contributed by atoms with Crippen LogP contribution in [0.2, 0.25) is 0 Å².